The Morgan fingerprint density at radius 3 is 2.38 bits per heavy atom. The second-order valence-corrected chi connectivity index (χ2v) is 8.75. The maximum Gasteiger partial charge on any atom is 0.252 e. The monoisotopic (exact) mass is 464 g/mol. The third kappa shape index (κ3) is 4.10. The minimum atomic E-state index is -0.699. The average molecular weight is 465 g/mol. The van der Waals surface area contributed by atoms with E-state index < -0.39 is 5.91 Å². The van der Waals surface area contributed by atoms with Gasteiger partial charge in [-0.2, -0.15) is 9.97 Å². The van der Waals surface area contributed by atoms with E-state index in [9.17, 15) is 9.90 Å². The highest BCUT2D eigenvalue weighted by Gasteiger charge is 2.27. The van der Waals surface area contributed by atoms with Crippen LogP contribution in [0.15, 0.2) is 30.3 Å². The second kappa shape index (κ2) is 9.03. The number of fused-ring (bicyclic) bond motifs is 1. The molecule has 0 aliphatic carbocycles. The zero-order valence-corrected chi connectivity index (χ0v) is 19.3. The Morgan fingerprint density at radius 1 is 1.00 bits per heavy atom. The number of nitrogens with two attached hydrogens (primary N) is 1. The van der Waals surface area contributed by atoms with Gasteiger partial charge in [0.2, 0.25) is 5.95 Å². The summed E-state index contributed by atoms with van der Waals surface area (Å²) in [6, 6.07) is 8.82. The molecule has 0 bridgehead atoms. The number of amides is 1. The number of aromatic hydroxyl groups is 1. The number of hydrogen-bond donors (Lipinski definition) is 2. The molecule has 34 heavy (non-hydrogen) atoms. The van der Waals surface area contributed by atoms with Crippen LogP contribution in [-0.4, -0.2) is 77.6 Å². The summed E-state index contributed by atoms with van der Waals surface area (Å²) in [4.78, 5) is 30.8. The van der Waals surface area contributed by atoms with Gasteiger partial charge in [-0.1, -0.05) is 0 Å². The molecule has 0 unspecified atom stereocenters. The van der Waals surface area contributed by atoms with Gasteiger partial charge in [0.1, 0.15) is 11.6 Å². The molecule has 0 radical (unpaired) electrons. The van der Waals surface area contributed by atoms with Gasteiger partial charge in [-0.25, -0.2) is 4.98 Å². The maximum absolute atomic E-state index is 11.7. The molecular formula is C24H28N6O4. The predicted molar refractivity (Wildman–Crippen MR) is 128 cm³/mol. The second-order valence-electron chi connectivity index (χ2n) is 8.75. The molecule has 0 spiro atoms. The molecule has 1 amide bonds. The lowest BCUT2D eigenvalue weighted by molar-refractivity contribution is 0.0973. The van der Waals surface area contributed by atoms with Crippen molar-refractivity contribution in [1.82, 2.24) is 15.0 Å². The fraction of sp³-hybridized carbons (Fsp3) is 0.417. The van der Waals surface area contributed by atoms with E-state index in [2.05, 4.69) is 23.6 Å². The Balaban J connectivity index is 1.65. The van der Waals surface area contributed by atoms with Crippen LogP contribution in [0.5, 0.6) is 5.75 Å². The van der Waals surface area contributed by atoms with Crippen molar-refractivity contribution in [3.8, 4) is 17.0 Å². The molecule has 2 atom stereocenters. The molecule has 2 saturated heterocycles. The standard InChI is InChI=1S/C24H28N6O4/c1-14-12-33-9-7-29(14)23-17-4-5-19(16-3-6-20(31)18(11-16)21(25)32)26-22(17)27-24(28-23)30-8-10-34-13-15(30)2/h3-6,11,14-15,31H,7-10,12-13H2,1-2H3,(H2,25,32)/t14-,15-/m0/s1. The first-order valence-electron chi connectivity index (χ1n) is 11.4. The van der Waals surface area contributed by atoms with Gasteiger partial charge in [-0.3, -0.25) is 4.79 Å². The van der Waals surface area contributed by atoms with Crippen LogP contribution in [0.4, 0.5) is 11.8 Å². The van der Waals surface area contributed by atoms with Crippen molar-refractivity contribution in [2.75, 3.05) is 49.3 Å². The highest BCUT2D eigenvalue weighted by Crippen LogP contribution is 2.32. The largest absolute Gasteiger partial charge is 0.507 e. The lowest BCUT2D eigenvalue weighted by Crippen LogP contribution is -2.46. The van der Waals surface area contributed by atoms with Crippen molar-refractivity contribution in [1.29, 1.82) is 0 Å². The average Bonchev–Trinajstić information content (AvgIpc) is 2.84. The Kier molecular flexibility index (Phi) is 5.93. The topological polar surface area (TPSA) is 127 Å². The molecule has 2 aliphatic heterocycles. The van der Waals surface area contributed by atoms with Crippen LogP contribution in [0.25, 0.3) is 22.3 Å². The molecule has 4 heterocycles. The summed E-state index contributed by atoms with van der Waals surface area (Å²) in [7, 11) is 0. The van der Waals surface area contributed by atoms with E-state index in [-0.39, 0.29) is 23.4 Å². The number of carbonyl (C=O) groups excluding carboxylic acids is 1. The summed E-state index contributed by atoms with van der Waals surface area (Å²) < 4.78 is 11.2. The lowest BCUT2D eigenvalue weighted by atomic mass is 10.1. The Morgan fingerprint density at radius 2 is 1.71 bits per heavy atom. The van der Waals surface area contributed by atoms with Crippen molar-refractivity contribution in [3.05, 3.63) is 35.9 Å². The molecule has 5 rings (SSSR count). The lowest BCUT2D eigenvalue weighted by Gasteiger charge is -2.37. The molecule has 2 fully saturated rings. The van der Waals surface area contributed by atoms with Crippen LogP contribution in [0.3, 0.4) is 0 Å². The summed E-state index contributed by atoms with van der Waals surface area (Å²) in [6.45, 7) is 8.13. The van der Waals surface area contributed by atoms with Gasteiger partial charge in [0, 0.05) is 18.7 Å². The van der Waals surface area contributed by atoms with Crippen LogP contribution >= 0.6 is 0 Å². The number of rotatable bonds is 4. The Labute approximate surface area is 197 Å². The van der Waals surface area contributed by atoms with Gasteiger partial charge < -0.3 is 30.1 Å². The minimum Gasteiger partial charge on any atom is -0.507 e. The van der Waals surface area contributed by atoms with Crippen molar-refractivity contribution in [3.63, 3.8) is 0 Å². The number of nitrogens with zero attached hydrogens (tertiary/aromatic N) is 5. The molecule has 0 saturated carbocycles. The molecule has 178 valence electrons. The van der Waals surface area contributed by atoms with E-state index in [1.807, 2.05) is 12.1 Å². The number of hydrogen-bond acceptors (Lipinski definition) is 9. The third-order valence-electron chi connectivity index (χ3n) is 6.35. The Bertz CT molecular complexity index is 1240. The van der Waals surface area contributed by atoms with E-state index >= 15 is 0 Å². The normalized spacial score (nSPS) is 21.1. The first kappa shape index (κ1) is 22.3. The van der Waals surface area contributed by atoms with E-state index in [1.54, 1.807) is 12.1 Å². The number of anilines is 2. The zero-order chi connectivity index (χ0) is 23.8. The molecule has 2 aromatic heterocycles. The molecular weight excluding hydrogens is 436 g/mol. The van der Waals surface area contributed by atoms with E-state index in [0.717, 1.165) is 17.7 Å². The van der Waals surface area contributed by atoms with E-state index in [1.165, 1.54) is 6.07 Å². The minimum absolute atomic E-state index is 0.0488. The predicted octanol–water partition coefficient (Wildman–Crippen LogP) is 1.95. The summed E-state index contributed by atoms with van der Waals surface area (Å²) in [6.07, 6.45) is 0. The number of carbonyl (C=O) groups is 1. The summed E-state index contributed by atoms with van der Waals surface area (Å²) in [5, 5.41) is 10.8. The maximum atomic E-state index is 11.7. The first-order valence-corrected chi connectivity index (χ1v) is 11.4. The highest BCUT2D eigenvalue weighted by atomic mass is 16.5. The van der Waals surface area contributed by atoms with Gasteiger partial charge in [0.05, 0.1) is 55.2 Å². The van der Waals surface area contributed by atoms with Gasteiger partial charge in [-0.05, 0) is 44.2 Å². The number of pyridine rings is 1. The summed E-state index contributed by atoms with van der Waals surface area (Å²) in [5.41, 5.74) is 7.30. The Hall–Kier alpha value is -3.50. The number of phenols is 1. The number of morpholine rings is 2. The molecule has 2 aliphatic rings. The van der Waals surface area contributed by atoms with Crippen LogP contribution in [0.2, 0.25) is 0 Å². The van der Waals surface area contributed by atoms with Crippen molar-refractivity contribution in [2.45, 2.75) is 25.9 Å². The smallest absolute Gasteiger partial charge is 0.252 e. The summed E-state index contributed by atoms with van der Waals surface area (Å²) >= 11 is 0. The van der Waals surface area contributed by atoms with Crippen LogP contribution in [0.1, 0.15) is 24.2 Å². The van der Waals surface area contributed by atoms with Crippen molar-refractivity contribution >= 4 is 28.7 Å². The number of aromatic nitrogens is 3. The first-order chi connectivity index (χ1) is 16.4. The quantitative estimate of drug-likeness (QED) is 0.595. The van der Waals surface area contributed by atoms with Gasteiger partial charge in [-0.15, -0.1) is 0 Å². The van der Waals surface area contributed by atoms with Gasteiger partial charge in [0.25, 0.3) is 5.91 Å². The fourth-order valence-corrected chi connectivity index (χ4v) is 4.45. The fourth-order valence-electron chi connectivity index (χ4n) is 4.45. The highest BCUT2D eigenvalue weighted by molar-refractivity contribution is 5.97. The van der Waals surface area contributed by atoms with Crippen LogP contribution in [0, 0.1) is 0 Å². The number of primary amides is 1. The number of benzene rings is 1. The molecule has 10 heteroatoms. The SMILES string of the molecule is C[C@H]1COCCN1c1nc(N2CCOC[C@@H]2C)c2ccc(-c3ccc(O)c(C(N)=O)c3)nc2n1. The van der Waals surface area contributed by atoms with Gasteiger partial charge >= 0.3 is 0 Å². The molecule has 3 N–H and O–H groups in total. The molecule has 1 aromatic carbocycles. The molecule has 3 aromatic rings. The van der Waals surface area contributed by atoms with Crippen LogP contribution < -0.4 is 15.5 Å². The van der Waals surface area contributed by atoms with Gasteiger partial charge in [0.15, 0.2) is 5.65 Å². The third-order valence-corrected chi connectivity index (χ3v) is 6.35. The number of ether oxygens (including phenoxy) is 2. The molecule has 10 nitrogen and oxygen atoms in total. The van der Waals surface area contributed by atoms with E-state index in [4.69, 9.17) is 30.2 Å². The van der Waals surface area contributed by atoms with E-state index in [0.29, 0.717) is 55.8 Å². The van der Waals surface area contributed by atoms with Crippen LogP contribution in [-0.2, 0) is 9.47 Å². The zero-order valence-electron chi connectivity index (χ0n) is 19.3. The summed E-state index contributed by atoms with van der Waals surface area (Å²) in [5.74, 6) is 0.587. The van der Waals surface area contributed by atoms with Crippen molar-refractivity contribution < 1.29 is 19.4 Å². The van der Waals surface area contributed by atoms with Crippen molar-refractivity contribution in [2.24, 2.45) is 5.73 Å².